The zero-order valence-electron chi connectivity index (χ0n) is 82.2. The average Bonchev–Trinajstić information content (AvgIpc) is 1.61. The summed E-state index contributed by atoms with van der Waals surface area (Å²) in [6, 6.07) is -1.98. The number of halogens is 3. The van der Waals surface area contributed by atoms with Crippen LogP contribution in [0.4, 0.5) is 19.0 Å². The molecule has 3 aliphatic heterocycles. The largest absolute Gasteiger partial charge is 0.508 e. The summed E-state index contributed by atoms with van der Waals surface area (Å²) in [5.41, 5.74) is 18.5. The second kappa shape index (κ2) is 52.8. The fourth-order valence-electron chi connectivity index (χ4n) is 17.7. The number of hydrogen-bond acceptors (Lipinski definition) is 24. The number of para-hydroxylation sites is 2. The maximum atomic E-state index is 16.0. The van der Waals surface area contributed by atoms with Gasteiger partial charge in [0.15, 0.2) is 0 Å². The van der Waals surface area contributed by atoms with Gasteiger partial charge in [-0.05, 0) is 123 Å². The maximum Gasteiger partial charge on any atom is 0.417 e. The molecular weight excluding hydrogens is 1900 g/mol. The van der Waals surface area contributed by atoms with E-state index in [2.05, 4.69) is 68.5 Å². The molecule has 0 unspecified atom stereocenters. The number of hydrogen-bond donors (Lipinski definition) is 18. The normalized spacial score (nSPS) is 24.1. The number of H-pyrrole nitrogens is 1. The van der Waals surface area contributed by atoms with Crippen molar-refractivity contribution in [2.24, 2.45) is 29.0 Å². The van der Waals surface area contributed by atoms with Gasteiger partial charge >= 0.3 is 12.1 Å². The van der Waals surface area contributed by atoms with E-state index in [1.54, 1.807) is 82.4 Å². The molecule has 6 heterocycles. The summed E-state index contributed by atoms with van der Waals surface area (Å²) < 4.78 is 43.1. The number of unbranched alkanes of at least 4 members (excludes halogenated alkanes) is 2. The number of phenols is 1. The Bertz CT molecular complexity index is 5590. The first-order valence-corrected chi connectivity index (χ1v) is 49.2. The number of aromatic nitrogens is 3. The number of nitrogens with one attached hydrogen (secondary N) is 12. The fraction of sp³-hybridized carbons (Fsp3) is 0.536. The van der Waals surface area contributed by atoms with Gasteiger partial charge in [0, 0.05) is 113 Å². The molecule has 6 aromatic rings. The van der Waals surface area contributed by atoms with Crippen LogP contribution in [0.5, 0.6) is 5.75 Å². The van der Waals surface area contributed by atoms with Crippen molar-refractivity contribution >= 4 is 146 Å². The smallest absolute Gasteiger partial charge is 0.417 e. The van der Waals surface area contributed by atoms with Crippen LogP contribution in [-0.2, 0) is 118 Å². The first-order valence-electron chi connectivity index (χ1n) is 48.0. The highest BCUT2D eigenvalue weighted by molar-refractivity contribution is 8.00. The van der Waals surface area contributed by atoms with Crippen molar-refractivity contribution in [2.75, 3.05) is 70.7 Å². The van der Waals surface area contributed by atoms with Crippen LogP contribution in [0.2, 0.25) is 0 Å². The van der Waals surface area contributed by atoms with Crippen molar-refractivity contribution in [3.8, 4) is 5.75 Å². The van der Waals surface area contributed by atoms with E-state index in [0.717, 1.165) is 42.3 Å². The number of carboxylic acids is 1. The Kier molecular flexibility index (Phi) is 41.7. The number of primary amides is 2. The molecule has 3 aliphatic rings. The first kappa shape index (κ1) is 114. The molecule has 15 atom stereocenters. The fourth-order valence-corrected chi connectivity index (χ4v) is 18.5. The Morgan fingerprint density at radius 2 is 1.14 bits per heavy atom. The molecule has 3 saturated heterocycles. The molecule has 9 rings (SSSR count). The molecular formula is C97H133F3N22O21S. The monoisotopic (exact) mass is 2030 g/mol. The molecule has 3 aromatic carbocycles. The van der Waals surface area contributed by atoms with Crippen LogP contribution in [-0.4, -0.2) is 317 Å². The summed E-state index contributed by atoms with van der Waals surface area (Å²) in [5.74, 6) is -20.3. The molecule has 0 spiro atoms. The molecule has 0 bridgehead atoms. The second-order valence-electron chi connectivity index (χ2n) is 37.4. The van der Waals surface area contributed by atoms with Gasteiger partial charge < -0.3 is 125 Å². The van der Waals surface area contributed by atoms with Crippen LogP contribution in [0.1, 0.15) is 154 Å². The number of aromatic amines is 1. The summed E-state index contributed by atoms with van der Waals surface area (Å²) in [6.07, 6.45) is -4.38. The van der Waals surface area contributed by atoms with Crippen molar-refractivity contribution in [1.29, 1.82) is 0 Å². The van der Waals surface area contributed by atoms with Gasteiger partial charge in [-0.15, -0.1) is 11.8 Å². The van der Waals surface area contributed by atoms with Gasteiger partial charge in [0.1, 0.15) is 103 Å². The lowest BCUT2D eigenvalue weighted by Gasteiger charge is -2.36. The SMILES string of the molecule is CCCC[C@H]1C(=O)N(C)[C@@H](CCCC)C(=O)N[C@@H](CC(C)C)C(=O)N[C@H](C(=O)NCC(N)=O)CSCC(=O)N[C@@H](Cc2ccc(O)cc2)C(=O)N(C)[C@@H](C)C(=O)N[C@@H](CC(N)=O)C(=O)N2CCC[C@H]2C(=O)N[C@@H](CNc2ccc(C(F)(F)F)cn2)C(=O)N[C@@H](CC(C)C)C(=O)N2C[C@H](O)C[C@H]2C(=O)N[C@@H](Cc2c[nH]c3ccccc23)C(=O)N[C@@H](CCN)C(=O)N[C@@H](Cc2cn(CC(=O)O)c3ccccc23)C(=O)N1C. The molecule has 3 fully saturated rings. The molecule has 17 amide bonds. The minimum Gasteiger partial charge on any atom is -0.508 e. The molecule has 0 saturated carbocycles. The number of carbonyl (C=O) groups excluding carboxylic acids is 17. The summed E-state index contributed by atoms with van der Waals surface area (Å²) >= 11 is 0.758. The number of aliphatic hydroxyl groups is 1. The highest BCUT2D eigenvalue weighted by Gasteiger charge is 2.47. The third-order valence-electron chi connectivity index (χ3n) is 25.4. The van der Waals surface area contributed by atoms with Crippen LogP contribution < -0.4 is 75.7 Å². The zero-order valence-corrected chi connectivity index (χ0v) is 83.0. The van der Waals surface area contributed by atoms with Crippen molar-refractivity contribution < 1.29 is 115 Å². The molecule has 21 N–H and O–H groups in total. The minimum absolute atomic E-state index is 0.0196. The maximum absolute atomic E-state index is 16.0. The van der Waals surface area contributed by atoms with Crippen LogP contribution in [0, 0.1) is 11.8 Å². The molecule has 784 valence electrons. The number of benzene rings is 3. The number of pyridine rings is 1. The van der Waals surface area contributed by atoms with Gasteiger partial charge in [0.25, 0.3) is 0 Å². The highest BCUT2D eigenvalue weighted by Crippen LogP contribution is 2.32. The molecule has 0 aliphatic carbocycles. The number of nitrogens with two attached hydrogens (primary N) is 3. The number of carbonyl (C=O) groups is 18. The highest BCUT2D eigenvalue weighted by atomic mass is 32.2. The summed E-state index contributed by atoms with van der Waals surface area (Å²) in [6.45, 7) is 8.64. The number of rotatable bonds is 28. The third kappa shape index (κ3) is 31.5. The minimum atomic E-state index is -4.84. The number of aliphatic carboxylic acids is 1. The number of phenolic OH excluding ortho intramolecular Hbond substituents is 1. The van der Waals surface area contributed by atoms with E-state index >= 15 is 47.9 Å². The number of thioether (sulfide) groups is 1. The number of alkyl halides is 3. The molecule has 47 heteroatoms. The van der Waals surface area contributed by atoms with Crippen LogP contribution >= 0.6 is 11.8 Å². The number of nitrogens with zero attached hydrogens (tertiary/aromatic N) is 7. The van der Waals surface area contributed by atoms with Gasteiger partial charge in [-0.25, -0.2) is 4.98 Å². The Balaban J connectivity index is 1.13. The predicted octanol–water partition coefficient (Wildman–Crippen LogP) is 0.329. The van der Waals surface area contributed by atoms with E-state index in [-0.39, 0.29) is 88.4 Å². The van der Waals surface area contributed by atoms with Crippen LogP contribution in [0.25, 0.3) is 21.8 Å². The van der Waals surface area contributed by atoms with E-state index < -0.39 is 272 Å². The van der Waals surface area contributed by atoms with Crippen molar-refractivity contribution in [1.82, 2.24) is 92.2 Å². The lowest BCUT2D eigenvalue weighted by Crippen LogP contribution is -2.61. The third-order valence-corrected chi connectivity index (χ3v) is 26.5. The number of anilines is 1. The second-order valence-corrected chi connectivity index (χ2v) is 38.4. The summed E-state index contributed by atoms with van der Waals surface area (Å²) in [7, 11) is 3.84. The number of aliphatic hydroxyl groups excluding tert-OH is 1. The van der Waals surface area contributed by atoms with Crippen molar-refractivity contribution in [3.63, 3.8) is 0 Å². The molecule has 0 radical (unpaired) electrons. The first-order chi connectivity index (χ1) is 68.2. The zero-order chi connectivity index (χ0) is 106. The van der Waals surface area contributed by atoms with Crippen LogP contribution in [0.15, 0.2) is 104 Å². The number of carboxylic acid groups (broad SMARTS) is 1. The number of likely N-dealkylation sites (N-methyl/N-ethyl adjacent to an activating group) is 3. The van der Waals surface area contributed by atoms with E-state index in [1.807, 2.05) is 13.8 Å². The lowest BCUT2D eigenvalue weighted by atomic mass is 9.99. The molecule has 43 nitrogen and oxygen atoms in total. The average molecular weight is 2030 g/mol. The van der Waals surface area contributed by atoms with E-state index in [9.17, 15) is 66.8 Å². The Labute approximate surface area is 834 Å². The van der Waals surface area contributed by atoms with E-state index in [1.165, 1.54) is 63.1 Å². The Morgan fingerprint density at radius 1 is 0.576 bits per heavy atom. The van der Waals surface area contributed by atoms with Gasteiger partial charge in [-0.1, -0.05) is 116 Å². The van der Waals surface area contributed by atoms with Crippen molar-refractivity contribution in [3.05, 3.63) is 126 Å². The van der Waals surface area contributed by atoms with Gasteiger partial charge in [-0.2, -0.15) is 13.2 Å². The molecule has 3 aromatic heterocycles. The van der Waals surface area contributed by atoms with Gasteiger partial charge in [0.05, 0.1) is 30.4 Å². The number of fused-ring (bicyclic) bond motifs is 4. The molecule has 144 heavy (non-hydrogen) atoms. The predicted molar refractivity (Wildman–Crippen MR) is 523 cm³/mol. The van der Waals surface area contributed by atoms with Crippen LogP contribution in [0.3, 0.4) is 0 Å². The Hall–Kier alpha value is -14.0. The standard InChI is InChI=1S/C97H133F3N22O21S/c1-11-13-23-74-89(136)110-65(36-52(3)4)86(133)116-72(84(131)107-46-79(103)126)50-144-51-81(127)108-68(38-55-27-30-59(123)31-28-55)92(139)117(8)54(7)83(130)112-70(42-78(102)125)94(141)121-35-19-26-75(121)90(137)115-71(45-106-80-32-29-58(44-105-80)97(98,99)100)88(135)113-67(37-53(5)6)95(142)122-48-60(124)41-77(122)91(138)111-66(39-56-43-104-63-22-17-15-20-61(56)63)87(134)109-64(33-34-101)85(132)114-69(93(140)119(10)76(24-14-12-2)96(143)118(74)9)40-57-47-120(49-82(128)129)73-25-18-16-21-62(57)73/h15-18,20-22,25,27-32,43-44,47,52-54,60,64-72,74-77,104,123-124H,11-14,19,23-24,26,33-42,45-46,48-51,101H2,1-10H3,(H2,102,125)(H2,103,126)(H,105,106)(H,107,131)(H,108,127)(H,109,134)(H,110,136)(H,111,138)(H,112,130)(H,113,135)(H,114,132)(H,115,137)(H,116,133)(H,128,129)/t54-,60+,64-,65-,66-,67-,68-,69-,70-,71-,72-,74-,75-,76-,77-/m0/s1. The van der Waals surface area contributed by atoms with E-state index in [0.29, 0.717) is 76.4 Å². The number of amides is 17. The van der Waals surface area contributed by atoms with E-state index in [4.69, 9.17) is 17.2 Å². The lowest BCUT2D eigenvalue weighted by molar-refractivity contribution is -0.149. The topological polar surface area (TPSA) is 628 Å². The quantitative estimate of drug-likeness (QED) is 0.0315. The Morgan fingerprint density at radius 3 is 1.78 bits per heavy atom. The van der Waals surface area contributed by atoms with Crippen molar-refractivity contribution in [2.45, 2.75) is 255 Å². The summed E-state index contributed by atoms with van der Waals surface area (Å²) in [5, 5.41) is 62.1. The van der Waals surface area contributed by atoms with Gasteiger partial charge in [-0.3, -0.25) is 86.3 Å². The van der Waals surface area contributed by atoms with Gasteiger partial charge in [0.2, 0.25) is 100 Å². The summed E-state index contributed by atoms with van der Waals surface area (Å²) in [4.78, 5) is 277. The number of aromatic hydroxyl groups is 1.